The molecule has 0 aliphatic rings. The van der Waals surface area contributed by atoms with Crippen molar-refractivity contribution in [2.24, 2.45) is 0 Å². The van der Waals surface area contributed by atoms with Crippen LogP contribution in [-0.4, -0.2) is 18.2 Å². The first-order chi connectivity index (χ1) is 8.87. The first-order valence-corrected chi connectivity index (χ1v) is 6.36. The summed E-state index contributed by atoms with van der Waals surface area (Å²) in [6, 6.07) is 7.62. The minimum absolute atomic E-state index is 0.381. The molecule has 0 unspecified atom stereocenters. The van der Waals surface area contributed by atoms with Crippen molar-refractivity contribution in [1.29, 1.82) is 0 Å². The van der Waals surface area contributed by atoms with Gasteiger partial charge in [0.1, 0.15) is 5.60 Å². The highest BCUT2D eigenvalue weighted by molar-refractivity contribution is 5.67. The van der Waals surface area contributed by atoms with Gasteiger partial charge in [0.15, 0.2) is 0 Å². The monoisotopic (exact) mass is 262 g/mol. The summed E-state index contributed by atoms with van der Waals surface area (Å²) in [5.41, 5.74) is 6.99. The van der Waals surface area contributed by atoms with Crippen LogP contribution in [0.25, 0.3) is 6.08 Å². The molecule has 0 saturated heterocycles. The van der Waals surface area contributed by atoms with Gasteiger partial charge in [0.25, 0.3) is 0 Å². The molecule has 1 rings (SSSR count). The summed E-state index contributed by atoms with van der Waals surface area (Å²) < 4.78 is 5.13. The van der Waals surface area contributed by atoms with Gasteiger partial charge in [0.05, 0.1) is 0 Å². The molecule has 0 aliphatic heterocycles. The van der Waals surface area contributed by atoms with Gasteiger partial charge < -0.3 is 15.8 Å². The van der Waals surface area contributed by atoms with Gasteiger partial charge in [0, 0.05) is 12.2 Å². The van der Waals surface area contributed by atoms with Gasteiger partial charge in [-0.05, 0) is 44.9 Å². The molecule has 0 heterocycles. The van der Waals surface area contributed by atoms with Gasteiger partial charge >= 0.3 is 6.09 Å². The standard InChI is InChI=1S/C15H22N2O2/c1-15(2,3)19-14(18)17-11-5-4-6-12-7-9-13(16)10-8-12/h4,6-10H,5,11,16H2,1-3H3,(H,17,18). The zero-order chi connectivity index (χ0) is 14.3. The van der Waals surface area contributed by atoms with Crippen molar-refractivity contribution in [3.63, 3.8) is 0 Å². The van der Waals surface area contributed by atoms with E-state index in [9.17, 15) is 4.79 Å². The molecule has 104 valence electrons. The molecule has 1 amide bonds. The van der Waals surface area contributed by atoms with E-state index in [1.165, 1.54) is 0 Å². The maximum Gasteiger partial charge on any atom is 0.407 e. The van der Waals surface area contributed by atoms with Gasteiger partial charge in [-0.25, -0.2) is 4.79 Å². The summed E-state index contributed by atoms with van der Waals surface area (Å²) in [4.78, 5) is 11.4. The number of hydrogen-bond acceptors (Lipinski definition) is 3. The van der Waals surface area contributed by atoms with Crippen LogP contribution >= 0.6 is 0 Å². The smallest absolute Gasteiger partial charge is 0.407 e. The zero-order valence-corrected chi connectivity index (χ0v) is 11.8. The van der Waals surface area contributed by atoms with Crippen LogP contribution in [0.2, 0.25) is 0 Å². The van der Waals surface area contributed by atoms with Gasteiger partial charge in [-0.1, -0.05) is 24.3 Å². The molecular weight excluding hydrogens is 240 g/mol. The minimum atomic E-state index is -0.454. The zero-order valence-electron chi connectivity index (χ0n) is 11.8. The number of nitrogens with one attached hydrogen (secondary N) is 1. The molecule has 19 heavy (non-hydrogen) atoms. The molecular formula is C15H22N2O2. The number of ether oxygens (including phenoxy) is 1. The minimum Gasteiger partial charge on any atom is -0.444 e. The van der Waals surface area contributed by atoms with E-state index in [0.29, 0.717) is 6.54 Å². The van der Waals surface area contributed by atoms with Crippen LogP contribution in [0, 0.1) is 0 Å². The first-order valence-electron chi connectivity index (χ1n) is 6.36. The highest BCUT2D eigenvalue weighted by Crippen LogP contribution is 2.08. The Labute approximate surface area is 114 Å². The maximum absolute atomic E-state index is 11.4. The number of alkyl carbamates (subject to hydrolysis) is 1. The lowest BCUT2D eigenvalue weighted by atomic mass is 10.2. The second-order valence-corrected chi connectivity index (χ2v) is 5.29. The van der Waals surface area contributed by atoms with Gasteiger partial charge in [0.2, 0.25) is 0 Å². The lowest BCUT2D eigenvalue weighted by molar-refractivity contribution is 0.0529. The summed E-state index contributed by atoms with van der Waals surface area (Å²) in [6.45, 7) is 6.08. The van der Waals surface area contributed by atoms with Crippen LogP contribution in [0.4, 0.5) is 10.5 Å². The average Bonchev–Trinajstić information content (AvgIpc) is 2.29. The third kappa shape index (κ3) is 7.13. The fourth-order valence-electron chi connectivity index (χ4n) is 1.40. The van der Waals surface area contributed by atoms with Crippen molar-refractivity contribution >= 4 is 17.9 Å². The lowest BCUT2D eigenvalue weighted by Gasteiger charge is -2.19. The van der Waals surface area contributed by atoms with Crippen molar-refractivity contribution < 1.29 is 9.53 Å². The number of carbonyl (C=O) groups excluding carboxylic acids is 1. The third-order valence-corrected chi connectivity index (χ3v) is 2.23. The lowest BCUT2D eigenvalue weighted by Crippen LogP contribution is -2.32. The van der Waals surface area contributed by atoms with E-state index < -0.39 is 5.60 Å². The first kappa shape index (κ1) is 15.1. The summed E-state index contributed by atoms with van der Waals surface area (Å²) in [5, 5.41) is 2.70. The Morgan fingerprint density at radius 2 is 1.95 bits per heavy atom. The van der Waals surface area contributed by atoms with Gasteiger partial charge in [-0.15, -0.1) is 0 Å². The van der Waals surface area contributed by atoms with E-state index in [1.54, 1.807) is 0 Å². The molecule has 0 aliphatic carbocycles. The van der Waals surface area contributed by atoms with E-state index >= 15 is 0 Å². The summed E-state index contributed by atoms with van der Waals surface area (Å²) in [6.07, 6.45) is 4.37. The molecule has 3 N–H and O–H groups in total. The van der Waals surface area contributed by atoms with E-state index in [2.05, 4.69) is 5.32 Å². The Bertz CT molecular complexity index is 430. The molecule has 0 aromatic heterocycles. The van der Waals surface area contributed by atoms with Crippen molar-refractivity contribution in [3.05, 3.63) is 35.9 Å². The third-order valence-electron chi connectivity index (χ3n) is 2.23. The van der Waals surface area contributed by atoms with E-state index in [-0.39, 0.29) is 6.09 Å². The normalized spacial score (nSPS) is 11.5. The summed E-state index contributed by atoms with van der Waals surface area (Å²) >= 11 is 0. The van der Waals surface area contributed by atoms with E-state index in [0.717, 1.165) is 17.7 Å². The number of hydrogen-bond donors (Lipinski definition) is 2. The number of amides is 1. The second-order valence-electron chi connectivity index (χ2n) is 5.29. The number of nitrogen functional groups attached to an aromatic ring is 1. The largest absolute Gasteiger partial charge is 0.444 e. The fraction of sp³-hybridized carbons (Fsp3) is 0.400. The molecule has 0 bridgehead atoms. The Morgan fingerprint density at radius 1 is 1.32 bits per heavy atom. The highest BCUT2D eigenvalue weighted by Gasteiger charge is 2.14. The fourth-order valence-corrected chi connectivity index (χ4v) is 1.40. The molecule has 0 radical (unpaired) electrons. The average molecular weight is 262 g/mol. The predicted octanol–water partition coefficient (Wildman–Crippen LogP) is 3.20. The second kappa shape index (κ2) is 6.83. The Kier molecular flexibility index (Phi) is 5.42. The van der Waals surface area contributed by atoms with Gasteiger partial charge in [-0.3, -0.25) is 0 Å². The van der Waals surface area contributed by atoms with Crippen LogP contribution in [0.1, 0.15) is 32.8 Å². The Balaban J connectivity index is 2.24. The predicted molar refractivity (Wildman–Crippen MR) is 78.7 cm³/mol. The molecule has 0 fully saturated rings. The molecule has 0 spiro atoms. The number of anilines is 1. The molecule has 4 nitrogen and oxygen atoms in total. The van der Waals surface area contributed by atoms with Crippen molar-refractivity contribution in [2.45, 2.75) is 32.8 Å². The topological polar surface area (TPSA) is 64.3 Å². The van der Waals surface area contributed by atoms with Crippen molar-refractivity contribution in [2.75, 3.05) is 12.3 Å². The number of rotatable bonds is 4. The van der Waals surface area contributed by atoms with Gasteiger partial charge in [-0.2, -0.15) is 0 Å². The number of nitrogens with two attached hydrogens (primary N) is 1. The SMILES string of the molecule is CC(C)(C)OC(=O)NCCC=Cc1ccc(N)cc1. The molecule has 4 heteroatoms. The molecule has 1 aromatic carbocycles. The van der Waals surface area contributed by atoms with Crippen LogP contribution < -0.4 is 11.1 Å². The van der Waals surface area contributed by atoms with Crippen molar-refractivity contribution in [1.82, 2.24) is 5.32 Å². The quantitative estimate of drug-likeness (QED) is 0.647. The number of benzene rings is 1. The molecule has 0 saturated carbocycles. The molecule has 1 aromatic rings. The molecule has 0 atom stereocenters. The van der Waals surface area contributed by atoms with E-state index in [4.69, 9.17) is 10.5 Å². The summed E-state index contributed by atoms with van der Waals surface area (Å²) in [7, 11) is 0. The van der Waals surface area contributed by atoms with Crippen LogP contribution in [-0.2, 0) is 4.74 Å². The van der Waals surface area contributed by atoms with Crippen LogP contribution in [0.3, 0.4) is 0 Å². The van der Waals surface area contributed by atoms with E-state index in [1.807, 2.05) is 57.2 Å². The Morgan fingerprint density at radius 3 is 2.53 bits per heavy atom. The number of carbonyl (C=O) groups is 1. The summed E-state index contributed by atoms with van der Waals surface area (Å²) in [5.74, 6) is 0. The van der Waals surface area contributed by atoms with Crippen molar-refractivity contribution in [3.8, 4) is 0 Å². The van der Waals surface area contributed by atoms with Crippen LogP contribution in [0.5, 0.6) is 0 Å². The maximum atomic E-state index is 11.4. The highest BCUT2D eigenvalue weighted by atomic mass is 16.6. The van der Waals surface area contributed by atoms with Crippen LogP contribution in [0.15, 0.2) is 30.3 Å². The Hall–Kier alpha value is -1.97.